The summed E-state index contributed by atoms with van der Waals surface area (Å²) in [5.41, 5.74) is -0.531. The van der Waals surface area contributed by atoms with Crippen molar-refractivity contribution in [3.05, 3.63) is 16.3 Å². The number of amides is 1. The first-order chi connectivity index (χ1) is 11.8. The highest BCUT2D eigenvalue weighted by molar-refractivity contribution is 7.12. The van der Waals surface area contributed by atoms with E-state index in [9.17, 15) is 9.59 Å². The van der Waals surface area contributed by atoms with Crippen molar-refractivity contribution in [3.8, 4) is 5.75 Å². The van der Waals surface area contributed by atoms with Gasteiger partial charge in [0.25, 0.3) is 5.91 Å². The minimum atomic E-state index is -0.531. The lowest BCUT2D eigenvalue weighted by Gasteiger charge is -2.19. The maximum atomic E-state index is 12.1. The number of esters is 1. The van der Waals surface area contributed by atoms with Gasteiger partial charge in [-0.15, -0.1) is 11.3 Å². The quantitative estimate of drug-likeness (QED) is 0.459. The summed E-state index contributed by atoms with van der Waals surface area (Å²) in [6.07, 6.45) is 7.18. The van der Waals surface area contributed by atoms with Gasteiger partial charge in [0.05, 0.1) is 4.88 Å². The summed E-state index contributed by atoms with van der Waals surface area (Å²) >= 11 is 1.31. The van der Waals surface area contributed by atoms with Gasteiger partial charge in [0, 0.05) is 18.0 Å². The number of hydrogen-bond acceptors (Lipinski definition) is 5. The Hall–Kier alpha value is -1.56. The van der Waals surface area contributed by atoms with Crippen molar-refractivity contribution in [1.29, 1.82) is 0 Å². The number of unbranched alkanes of at least 4 members (excludes halogenated alkanes) is 5. The van der Waals surface area contributed by atoms with E-state index in [-0.39, 0.29) is 12.5 Å². The minimum Gasteiger partial charge on any atom is -0.481 e. The third-order valence-electron chi connectivity index (χ3n) is 3.39. The van der Waals surface area contributed by atoms with Gasteiger partial charge in [0.2, 0.25) is 0 Å². The highest BCUT2D eigenvalue weighted by Gasteiger charge is 2.17. The summed E-state index contributed by atoms with van der Waals surface area (Å²) in [6, 6.07) is 1.66. The van der Waals surface area contributed by atoms with Crippen molar-refractivity contribution < 1.29 is 19.1 Å². The Kier molecular flexibility index (Phi) is 9.57. The fourth-order valence-corrected chi connectivity index (χ4v) is 2.96. The Morgan fingerprint density at radius 1 is 1.12 bits per heavy atom. The summed E-state index contributed by atoms with van der Waals surface area (Å²) in [5.74, 6) is -0.000902. The lowest BCUT2D eigenvalue weighted by molar-refractivity contribution is -0.157. The van der Waals surface area contributed by atoms with Gasteiger partial charge in [-0.3, -0.25) is 4.79 Å². The van der Waals surface area contributed by atoms with Crippen LogP contribution in [0, 0.1) is 0 Å². The average molecular weight is 370 g/mol. The molecule has 0 bridgehead atoms. The predicted octanol–water partition coefficient (Wildman–Crippen LogP) is 4.56. The molecule has 6 heteroatoms. The fraction of sp³-hybridized carbons (Fsp3) is 0.684. The van der Waals surface area contributed by atoms with Crippen LogP contribution in [0.5, 0.6) is 5.75 Å². The molecule has 1 amide bonds. The maximum Gasteiger partial charge on any atom is 0.344 e. The molecule has 1 aromatic heterocycles. The lowest BCUT2D eigenvalue weighted by atomic mass is 10.1. The molecule has 0 saturated carbocycles. The molecule has 0 unspecified atom stereocenters. The number of carbonyl (C=O) groups is 2. The molecule has 0 radical (unpaired) electrons. The highest BCUT2D eigenvalue weighted by Crippen LogP contribution is 2.21. The van der Waals surface area contributed by atoms with Crippen molar-refractivity contribution in [2.24, 2.45) is 0 Å². The van der Waals surface area contributed by atoms with Gasteiger partial charge >= 0.3 is 5.97 Å². The topological polar surface area (TPSA) is 64.6 Å². The van der Waals surface area contributed by atoms with E-state index in [1.807, 2.05) is 20.8 Å². The average Bonchev–Trinajstić information content (AvgIpc) is 2.99. The second-order valence-electron chi connectivity index (χ2n) is 7.05. The summed E-state index contributed by atoms with van der Waals surface area (Å²) in [7, 11) is 0. The summed E-state index contributed by atoms with van der Waals surface area (Å²) in [6.45, 7) is 8.15. The Morgan fingerprint density at radius 3 is 2.48 bits per heavy atom. The van der Waals surface area contributed by atoms with Crippen molar-refractivity contribution in [1.82, 2.24) is 5.32 Å². The zero-order valence-corrected chi connectivity index (χ0v) is 16.7. The van der Waals surface area contributed by atoms with Crippen molar-refractivity contribution >= 4 is 23.2 Å². The second-order valence-corrected chi connectivity index (χ2v) is 7.96. The fourth-order valence-electron chi connectivity index (χ4n) is 2.22. The molecule has 25 heavy (non-hydrogen) atoms. The third kappa shape index (κ3) is 10.1. The number of carbonyl (C=O) groups excluding carboxylic acids is 2. The molecule has 0 aliphatic heterocycles. The SMILES string of the molecule is CCCCCCCCNC(=O)c1cc(OCC(=O)OC(C)(C)C)cs1. The van der Waals surface area contributed by atoms with Gasteiger partial charge < -0.3 is 14.8 Å². The van der Waals surface area contributed by atoms with Crippen LogP contribution in [0.15, 0.2) is 11.4 Å². The zero-order valence-electron chi connectivity index (χ0n) is 15.9. The van der Waals surface area contributed by atoms with E-state index in [2.05, 4.69) is 12.2 Å². The van der Waals surface area contributed by atoms with E-state index in [4.69, 9.17) is 9.47 Å². The van der Waals surface area contributed by atoms with Gasteiger partial charge in [0.15, 0.2) is 6.61 Å². The summed E-state index contributed by atoms with van der Waals surface area (Å²) < 4.78 is 10.6. The van der Waals surface area contributed by atoms with Gasteiger partial charge in [-0.25, -0.2) is 4.79 Å². The van der Waals surface area contributed by atoms with Crippen molar-refractivity contribution in [3.63, 3.8) is 0 Å². The zero-order chi connectivity index (χ0) is 18.7. The van der Waals surface area contributed by atoms with E-state index < -0.39 is 11.6 Å². The molecule has 0 aliphatic carbocycles. The second kappa shape index (κ2) is 11.1. The number of rotatable bonds is 11. The number of thiophene rings is 1. The normalized spacial score (nSPS) is 11.2. The molecule has 0 atom stereocenters. The Bertz CT molecular complexity index is 534. The van der Waals surface area contributed by atoms with Gasteiger partial charge in [0.1, 0.15) is 11.4 Å². The molecule has 1 rings (SSSR count). The highest BCUT2D eigenvalue weighted by atomic mass is 32.1. The largest absolute Gasteiger partial charge is 0.481 e. The van der Waals surface area contributed by atoms with Crippen LogP contribution in [0.25, 0.3) is 0 Å². The van der Waals surface area contributed by atoms with E-state index in [0.29, 0.717) is 17.2 Å². The number of hydrogen-bond donors (Lipinski definition) is 1. The lowest BCUT2D eigenvalue weighted by Crippen LogP contribution is -2.27. The summed E-state index contributed by atoms with van der Waals surface area (Å²) in [5, 5.41) is 4.65. The monoisotopic (exact) mass is 369 g/mol. The molecule has 0 aromatic carbocycles. The Balaban J connectivity index is 2.25. The van der Waals surface area contributed by atoms with Crippen molar-refractivity contribution in [2.45, 2.75) is 71.8 Å². The number of nitrogens with one attached hydrogen (secondary N) is 1. The maximum absolute atomic E-state index is 12.1. The molecule has 0 fully saturated rings. The van der Waals surface area contributed by atoms with Crippen LogP contribution in [0.2, 0.25) is 0 Å². The van der Waals surface area contributed by atoms with Crippen LogP contribution in [0.3, 0.4) is 0 Å². The first kappa shape index (κ1) is 21.5. The first-order valence-corrected chi connectivity index (χ1v) is 9.91. The molecule has 1 aromatic rings. The molecule has 0 saturated heterocycles. The molecule has 0 spiro atoms. The van der Waals surface area contributed by atoms with Crippen LogP contribution in [0.1, 0.15) is 75.9 Å². The van der Waals surface area contributed by atoms with Crippen LogP contribution in [0.4, 0.5) is 0 Å². The van der Waals surface area contributed by atoms with Crippen LogP contribution in [-0.4, -0.2) is 30.6 Å². The van der Waals surface area contributed by atoms with E-state index in [1.54, 1.807) is 11.4 Å². The Morgan fingerprint density at radius 2 is 1.80 bits per heavy atom. The van der Waals surface area contributed by atoms with E-state index in [1.165, 1.54) is 37.0 Å². The molecule has 1 N–H and O–H groups in total. The van der Waals surface area contributed by atoms with Crippen LogP contribution in [-0.2, 0) is 9.53 Å². The standard InChI is InChI=1S/C19H31NO4S/c1-5-6-7-8-9-10-11-20-18(22)16-12-15(14-25-16)23-13-17(21)24-19(2,3)4/h12,14H,5-11,13H2,1-4H3,(H,20,22). The first-order valence-electron chi connectivity index (χ1n) is 9.03. The predicted molar refractivity (Wildman–Crippen MR) is 101 cm³/mol. The molecular weight excluding hydrogens is 338 g/mol. The summed E-state index contributed by atoms with van der Waals surface area (Å²) in [4.78, 5) is 24.3. The van der Waals surface area contributed by atoms with Gasteiger partial charge in [-0.1, -0.05) is 39.0 Å². The third-order valence-corrected chi connectivity index (χ3v) is 4.30. The van der Waals surface area contributed by atoms with E-state index in [0.717, 1.165) is 12.8 Å². The smallest absolute Gasteiger partial charge is 0.344 e. The van der Waals surface area contributed by atoms with Crippen LogP contribution >= 0.6 is 11.3 Å². The molecule has 1 heterocycles. The van der Waals surface area contributed by atoms with Crippen molar-refractivity contribution in [2.75, 3.05) is 13.2 Å². The molecular formula is C19H31NO4S. The van der Waals surface area contributed by atoms with E-state index >= 15 is 0 Å². The van der Waals surface area contributed by atoms with Gasteiger partial charge in [-0.05, 0) is 27.2 Å². The van der Waals surface area contributed by atoms with Crippen LogP contribution < -0.4 is 10.1 Å². The van der Waals surface area contributed by atoms with Gasteiger partial charge in [-0.2, -0.15) is 0 Å². The molecule has 0 aliphatic rings. The number of ether oxygens (including phenoxy) is 2. The Labute approximate surface area is 155 Å². The minimum absolute atomic E-state index is 0.0920. The molecule has 5 nitrogen and oxygen atoms in total. The molecule has 142 valence electrons.